The monoisotopic (exact) mass is 382 g/mol. The first kappa shape index (κ1) is 19.7. The minimum absolute atomic E-state index is 0.0359. The van der Waals surface area contributed by atoms with Gasteiger partial charge in [-0.1, -0.05) is 48.9 Å². The lowest BCUT2D eigenvalue weighted by Crippen LogP contribution is -2.60. The molecule has 3 heteroatoms. The number of hydrogen-bond donors (Lipinski definition) is 0. The first-order valence-electron chi connectivity index (χ1n) is 11.4. The molecule has 3 nitrogen and oxygen atoms in total. The molecule has 0 bridgehead atoms. The van der Waals surface area contributed by atoms with Crippen molar-refractivity contribution in [3.8, 4) is 0 Å². The van der Waals surface area contributed by atoms with Gasteiger partial charge in [0.25, 0.3) is 0 Å². The summed E-state index contributed by atoms with van der Waals surface area (Å²) in [5.74, 6) is 0.0786. The number of rotatable bonds is 6. The number of esters is 1. The van der Waals surface area contributed by atoms with Crippen LogP contribution in [-0.4, -0.2) is 42.7 Å². The van der Waals surface area contributed by atoms with Gasteiger partial charge >= 0.3 is 5.97 Å². The molecule has 1 saturated carbocycles. The van der Waals surface area contributed by atoms with Crippen molar-refractivity contribution in [2.45, 2.75) is 69.2 Å². The minimum Gasteiger partial charge on any atom is -0.459 e. The maximum absolute atomic E-state index is 13.1. The van der Waals surface area contributed by atoms with Crippen LogP contribution in [0, 0.1) is 5.92 Å². The summed E-state index contributed by atoms with van der Waals surface area (Å²) in [5.41, 5.74) is 1.55. The predicted octanol–water partition coefficient (Wildman–Crippen LogP) is 5.22. The van der Waals surface area contributed by atoms with Crippen molar-refractivity contribution in [2.24, 2.45) is 5.92 Å². The van der Waals surface area contributed by atoms with Crippen molar-refractivity contribution < 1.29 is 14.0 Å². The molecule has 3 atom stereocenters. The van der Waals surface area contributed by atoms with Crippen LogP contribution in [0.25, 0.3) is 0 Å². The van der Waals surface area contributed by atoms with Crippen LogP contribution in [0.1, 0.15) is 69.3 Å². The van der Waals surface area contributed by atoms with Crippen LogP contribution in [0.2, 0.25) is 0 Å². The summed E-state index contributed by atoms with van der Waals surface area (Å²) in [6, 6.07) is 10.2. The molecule has 152 valence electrons. The minimum atomic E-state index is -0.160. The molecule has 2 fully saturated rings. The molecule has 0 radical (unpaired) electrons. The second kappa shape index (κ2) is 8.41. The van der Waals surface area contributed by atoms with Gasteiger partial charge in [0.1, 0.15) is 13.2 Å². The number of hydrogen-bond acceptors (Lipinski definition) is 2. The highest BCUT2D eigenvalue weighted by atomic mass is 16.5. The van der Waals surface area contributed by atoms with Crippen LogP contribution in [-0.2, 0) is 9.53 Å². The first-order valence-corrected chi connectivity index (χ1v) is 11.4. The summed E-state index contributed by atoms with van der Waals surface area (Å²) in [4.78, 5) is 13.1. The Kier molecular flexibility index (Phi) is 5.91. The Labute approximate surface area is 170 Å². The molecular weight excluding hydrogens is 346 g/mol. The molecule has 1 saturated heterocycles. The summed E-state index contributed by atoms with van der Waals surface area (Å²) in [5, 5.41) is 0. The molecule has 3 aliphatic rings. The molecule has 2 aliphatic carbocycles. The van der Waals surface area contributed by atoms with E-state index in [1.54, 1.807) is 0 Å². The third-order valence-electron chi connectivity index (χ3n) is 7.94. The number of carbonyl (C=O) groups excluding carboxylic acids is 1. The zero-order valence-corrected chi connectivity index (χ0v) is 17.4. The van der Waals surface area contributed by atoms with Gasteiger partial charge in [-0.2, -0.15) is 0 Å². The van der Waals surface area contributed by atoms with Crippen molar-refractivity contribution in [3.63, 3.8) is 0 Å². The molecule has 1 aliphatic heterocycles. The van der Waals surface area contributed by atoms with E-state index in [-0.39, 0.29) is 17.8 Å². The zero-order valence-electron chi connectivity index (χ0n) is 17.4. The number of likely N-dealkylation sites (tertiary alicyclic amines) is 1. The quantitative estimate of drug-likeness (QED) is 0.383. The van der Waals surface area contributed by atoms with E-state index in [1.165, 1.54) is 51.5 Å². The molecule has 1 aromatic carbocycles. The number of nitrogens with zero attached hydrogens (tertiary/aromatic N) is 1. The zero-order chi connectivity index (χ0) is 19.5. The summed E-state index contributed by atoms with van der Waals surface area (Å²) in [6.07, 6.45) is 16.1. The van der Waals surface area contributed by atoms with Crippen LogP contribution in [0.3, 0.4) is 0 Å². The summed E-state index contributed by atoms with van der Waals surface area (Å²) >= 11 is 0. The fraction of sp³-hybridized carbons (Fsp3) is 0.640. The molecule has 1 heterocycles. The van der Waals surface area contributed by atoms with Gasteiger partial charge in [-0.25, -0.2) is 0 Å². The van der Waals surface area contributed by atoms with Gasteiger partial charge in [0.05, 0.1) is 25.0 Å². The molecule has 3 unspecified atom stereocenters. The molecule has 0 aromatic heterocycles. The lowest BCUT2D eigenvalue weighted by atomic mass is 9.78. The van der Waals surface area contributed by atoms with Gasteiger partial charge < -0.3 is 9.22 Å². The highest BCUT2D eigenvalue weighted by Crippen LogP contribution is 2.45. The van der Waals surface area contributed by atoms with Gasteiger partial charge in [0.2, 0.25) is 0 Å². The summed E-state index contributed by atoms with van der Waals surface area (Å²) < 4.78 is 7.05. The Morgan fingerprint density at radius 1 is 1.14 bits per heavy atom. The molecule has 4 rings (SSSR count). The standard InChI is InChI=1S/C25H36NO2/c1-26(18-10-17-25(26)15-8-3-9-16-25)19-20-28-24(27)23(22-13-6-7-14-22)21-11-4-2-5-12-21/h2,4-6,11-13,22-23H,3,7-10,14-20H2,1H3/q+1. The Hall–Kier alpha value is -1.61. The molecule has 0 N–H and O–H groups in total. The fourth-order valence-electron chi connectivity index (χ4n) is 6.20. The smallest absolute Gasteiger partial charge is 0.314 e. The van der Waals surface area contributed by atoms with E-state index in [4.69, 9.17) is 4.74 Å². The largest absolute Gasteiger partial charge is 0.459 e. The highest BCUT2D eigenvalue weighted by Gasteiger charge is 2.52. The molecule has 1 spiro atoms. The molecule has 0 amide bonds. The fourth-order valence-corrected chi connectivity index (χ4v) is 6.20. The normalized spacial score (nSPS) is 29.8. The van der Waals surface area contributed by atoms with Crippen molar-refractivity contribution >= 4 is 5.97 Å². The van der Waals surface area contributed by atoms with Gasteiger partial charge in [-0.15, -0.1) is 0 Å². The van der Waals surface area contributed by atoms with Crippen molar-refractivity contribution in [3.05, 3.63) is 48.0 Å². The Morgan fingerprint density at radius 3 is 2.61 bits per heavy atom. The Morgan fingerprint density at radius 2 is 1.89 bits per heavy atom. The average molecular weight is 383 g/mol. The van der Waals surface area contributed by atoms with E-state index in [1.807, 2.05) is 18.2 Å². The van der Waals surface area contributed by atoms with Crippen molar-refractivity contribution in [1.29, 1.82) is 0 Å². The number of likely N-dealkylation sites (N-methyl/N-ethyl adjacent to an activating group) is 1. The second-order valence-corrected chi connectivity index (χ2v) is 9.46. The van der Waals surface area contributed by atoms with Gasteiger partial charge in [-0.3, -0.25) is 4.79 Å². The van der Waals surface area contributed by atoms with E-state index >= 15 is 0 Å². The third-order valence-corrected chi connectivity index (χ3v) is 7.94. The van der Waals surface area contributed by atoms with Crippen LogP contribution < -0.4 is 0 Å². The van der Waals surface area contributed by atoms with Crippen LogP contribution in [0.5, 0.6) is 0 Å². The highest BCUT2D eigenvalue weighted by molar-refractivity contribution is 5.79. The van der Waals surface area contributed by atoms with E-state index in [9.17, 15) is 4.79 Å². The van der Waals surface area contributed by atoms with Gasteiger partial charge in [0.15, 0.2) is 0 Å². The van der Waals surface area contributed by atoms with Crippen LogP contribution in [0.15, 0.2) is 42.5 Å². The van der Waals surface area contributed by atoms with E-state index in [2.05, 4.69) is 31.3 Å². The number of allylic oxidation sites excluding steroid dienone is 2. The Balaban J connectivity index is 1.40. The van der Waals surface area contributed by atoms with E-state index in [0.29, 0.717) is 12.1 Å². The van der Waals surface area contributed by atoms with E-state index in [0.717, 1.165) is 29.4 Å². The number of carbonyl (C=O) groups is 1. The second-order valence-electron chi connectivity index (χ2n) is 9.46. The van der Waals surface area contributed by atoms with Gasteiger partial charge in [-0.05, 0) is 37.2 Å². The average Bonchev–Trinajstić information content (AvgIpc) is 3.33. The molecule has 1 aromatic rings. The first-order chi connectivity index (χ1) is 13.6. The Bertz CT molecular complexity index is 692. The lowest BCUT2D eigenvalue weighted by Gasteiger charge is -2.48. The van der Waals surface area contributed by atoms with E-state index < -0.39 is 0 Å². The maximum Gasteiger partial charge on any atom is 0.314 e. The number of benzene rings is 1. The maximum atomic E-state index is 13.1. The van der Waals surface area contributed by atoms with Crippen molar-refractivity contribution in [2.75, 3.05) is 26.7 Å². The van der Waals surface area contributed by atoms with Crippen molar-refractivity contribution in [1.82, 2.24) is 0 Å². The van der Waals surface area contributed by atoms with Gasteiger partial charge in [0, 0.05) is 25.7 Å². The SMILES string of the molecule is C[N+]1(CCOC(=O)C(c2ccccc2)C2C=CCC2)CCCC12CCCCC2. The number of ether oxygens (including phenoxy) is 1. The topological polar surface area (TPSA) is 26.3 Å². The van der Waals surface area contributed by atoms with Crippen LogP contribution >= 0.6 is 0 Å². The van der Waals surface area contributed by atoms with Crippen LogP contribution in [0.4, 0.5) is 0 Å². The predicted molar refractivity (Wildman–Crippen MR) is 113 cm³/mol. The number of quaternary nitrogens is 1. The molecule has 28 heavy (non-hydrogen) atoms. The lowest BCUT2D eigenvalue weighted by molar-refractivity contribution is -0.948. The summed E-state index contributed by atoms with van der Waals surface area (Å²) in [6.45, 7) is 2.76. The molecular formula is C25H36NO2+. The third kappa shape index (κ3) is 3.78. The summed E-state index contributed by atoms with van der Waals surface area (Å²) in [7, 11) is 2.42.